The highest BCUT2D eigenvalue weighted by molar-refractivity contribution is 5.90. The number of hydrogen-bond acceptors (Lipinski definition) is 4. The van der Waals surface area contributed by atoms with Crippen molar-refractivity contribution in [2.45, 2.75) is 51.8 Å². The summed E-state index contributed by atoms with van der Waals surface area (Å²) in [5.74, 6) is 5.27. The lowest BCUT2D eigenvalue weighted by molar-refractivity contribution is -0.139. The van der Waals surface area contributed by atoms with Gasteiger partial charge in [0.05, 0.1) is 12.1 Å². The normalized spacial score (nSPS) is 18.1. The summed E-state index contributed by atoms with van der Waals surface area (Å²) in [6, 6.07) is -1.04. The summed E-state index contributed by atoms with van der Waals surface area (Å²) in [6.45, 7) is 7.01. The molecule has 0 aromatic carbocycles. The van der Waals surface area contributed by atoms with Gasteiger partial charge in [-0.3, -0.25) is 9.59 Å². The van der Waals surface area contributed by atoms with Crippen molar-refractivity contribution in [3.8, 4) is 11.8 Å². The van der Waals surface area contributed by atoms with E-state index in [9.17, 15) is 9.59 Å². The van der Waals surface area contributed by atoms with Gasteiger partial charge in [0.25, 0.3) is 0 Å². The van der Waals surface area contributed by atoms with Gasteiger partial charge in [0, 0.05) is 13.1 Å². The lowest BCUT2D eigenvalue weighted by Gasteiger charge is -2.29. The molecule has 0 aliphatic carbocycles. The topological polar surface area (TPSA) is 70.7 Å². The molecule has 1 fully saturated rings. The lowest BCUT2D eigenvalue weighted by atomic mass is 10.1. The number of carbonyl (C=O) groups excluding carboxylic acids is 2. The number of rotatable bonds is 7. The summed E-state index contributed by atoms with van der Waals surface area (Å²) in [4.78, 5) is 26.5. The minimum absolute atomic E-state index is 0.0777. The summed E-state index contributed by atoms with van der Waals surface area (Å²) in [6.07, 6.45) is 1.59. The smallest absolute Gasteiger partial charge is 0.247 e. The van der Waals surface area contributed by atoms with E-state index in [0.29, 0.717) is 0 Å². The van der Waals surface area contributed by atoms with Crippen molar-refractivity contribution in [1.82, 2.24) is 15.5 Å². The van der Waals surface area contributed by atoms with Crippen molar-refractivity contribution in [2.75, 3.05) is 26.7 Å². The van der Waals surface area contributed by atoms with E-state index in [1.807, 2.05) is 0 Å². The van der Waals surface area contributed by atoms with Gasteiger partial charge in [-0.1, -0.05) is 5.92 Å². The minimum atomic E-state index is -0.681. The van der Waals surface area contributed by atoms with Crippen molar-refractivity contribution in [3.05, 3.63) is 0 Å². The molecule has 6 nitrogen and oxygen atoms in total. The average molecular weight is 309 g/mol. The molecule has 6 heteroatoms. The van der Waals surface area contributed by atoms with Gasteiger partial charge < -0.3 is 20.3 Å². The maximum Gasteiger partial charge on any atom is 0.247 e. The minimum Gasteiger partial charge on any atom is -0.363 e. The zero-order valence-electron chi connectivity index (χ0n) is 13.9. The molecule has 0 spiro atoms. The Hall–Kier alpha value is -1.58. The summed E-state index contributed by atoms with van der Waals surface area (Å²) < 4.78 is 5.58. The van der Waals surface area contributed by atoms with E-state index in [4.69, 9.17) is 4.74 Å². The summed E-state index contributed by atoms with van der Waals surface area (Å²) >= 11 is 0. The number of likely N-dealkylation sites (tertiary alicyclic amines) is 1. The molecule has 0 saturated carbocycles. The Morgan fingerprint density at radius 1 is 1.27 bits per heavy atom. The van der Waals surface area contributed by atoms with E-state index in [1.54, 1.807) is 32.7 Å². The molecule has 0 unspecified atom stereocenters. The second-order valence-electron chi connectivity index (χ2n) is 5.47. The molecule has 1 aliphatic heterocycles. The van der Waals surface area contributed by atoms with Crippen molar-refractivity contribution >= 4 is 11.8 Å². The Labute approximate surface area is 133 Å². The maximum atomic E-state index is 12.6. The van der Waals surface area contributed by atoms with E-state index in [-0.39, 0.29) is 24.5 Å². The Balaban J connectivity index is 2.75. The Kier molecular flexibility index (Phi) is 7.92. The highest BCUT2D eigenvalue weighted by Gasteiger charge is 2.33. The number of ether oxygens (including phenoxy) is 1. The van der Waals surface area contributed by atoms with Crippen molar-refractivity contribution in [2.24, 2.45) is 0 Å². The molecule has 2 amide bonds. The number of hydrogen-bond donors (Lipinski definition) is 2. The van der Waals surface area contributed by atoms with Crippen molar-refractivity contribution < 1.29 is 14.3 Å². The number of amides is 2. The molecule has 1 aliphatic rings. The third-order valence-corrected chi connectivity index (χ3v) is 3.87. The van der Waals surface area contributed by atoms with E-state index < -0.39 is 12.1 Å². The van der Waals surface area contributed by atoms with Crippen LogP contribution in [0.2, 0.25) is 0 Å². The molecule has 0 radical (unpaired) electrons. The van der Waals surface area contributed by atoms with Crippen LogP contribution in [0.4, 0.5) is 0 Å². The summed E-state index contributed by atoms with van der Waals surface area (Å²) in [5.41, 5.74) is 0. The van der Waals surface area contributed by atoms with Crippen LogP contribution in [0.5, 0.6) is 0 Å². The quantitative estimate of drug-likeness (QED) is 0.656. The number of nitrogens with zero attached hydrogens (tertiary/aromatic N) is 1. The first-order valence-corrected chi connectivity index (χ1v) is 7.78. The van der Waals surface area contributed by atoms with Gasteiger partial charge in [-0.15, -0.1) is 5.92 Å². The third kappa shape index (κ3) is 5.32. The number of carbonyl (C=O) groups is 2. The van der Waals surface area contributed by atoms with Crippen LogP contribution in [-0.2, 0) is 14.3 Å². The first-order valence-electron chi connectivity index (χ1n) is 7.78. The van der Waals surface area contributed by atoms with Crippen LogP contribution in [0.15, 0.2) is 0 Å². The van der Waals surface area contributed by atoms with E-state index in [2.05, 4.69) is 22.5 Å². The molecule has 1 rings (SSSR count). The van der Waals surface area contributed by atoms with E-state index in [1.165, 1.54) is 0 Å². The molecular formula is C16H27N3O3. The molecule has 124 valence electrons. The van der Waals surface area contributed by atoms with Crippen molar-refractivity contribution in [1.29, 1.82) is 0 Å². The van der Waals surface area contributed by atoms with Gasteiger partial charge in [-0.25, -0.2) is 0 Å². The van der Waals surface area contributed by atoms with Gasteiger partial charge >= 0.3 is 0 Å². The summed E-state index contributed by atoms with van der Waals surface area (Å²) in [7, 11) is 1.71. The average Bonchev–Trinajstić information content (AvgIpc) is 3.05. The van der Waals surface area contributed by atoms with Crippen LogP contribution in [0, 0.1) is 11.8 Å². The zero-order valence-corrected chi connectivity index (χ0v) is 13.9. The van der Waals surface area contributed by atoms with Crippen LogP contribution in [0.1, 0.15) is 33.6 Å². The molecule has 1 saturated heterocycles. The van der Waals surface area contributed by atoms with Crippen LogP contribution in [-0.4, -0.2) is 61.6 Å². The lowest BCUT2D eigenvalue weighted by Crippen LogP contribution is -2.56. The molecule has 0 bridgehead atoms. The molecule has 3 atom stereocenters. The fraction of sp³-hybridized carbons (Fsp3) is 0.750. The molecule has 0 aromatic rings. The van der Waals surface area contributed by atoms with Crippen LogP contribution in [0.25, 0.3) is 0 Å². The molecule has 1 heterocycles. The van der Waals surface area contributed by atoms with Crippen molar-refractivity contribution in [3.63, 3.8) is 0 Å². The Morgan fingerprint density at radius 3 is 2.45 bits per heavy atom. The number of likely N-dealkylation sites (N-methyl/N-ethyl adjacent to an activating group) is 1. The van der Waals surface area contributed by atoms with E-state index in [0.717, 1.165) is 25.9 Å². The largest absolute Gasteiger partial charge is 0.363 e. The van der Waals surface area contributed by atoms with Crippen LogP contribution < -0.4 is 10.6 Å². The summed E-state index contributed by atoms with van der Waals surface area (Å²) in [5, 5.41) is 5.67. The van der Waals surface area contributed by atoms with Crippen LogP contribution in [0.3, 0.4) is 0 Å². The fourth-order valence-electron chi connectivity index (χ4n) is 2.26. The predicted octanol–water partition coefficient (Wildman–Crippen LogP) is 0.130. The second kappa shape index (κ2) is 9.44. The third-order valence-electron chi connectivity index (χ3n) is 3.87. The van der Waals surface area contributed by atoms with Gasteiger partial charge in [-0.05, 0) is 40.7 Å². The highest BCUT2D eigenvalue weighted by Crippen LogP contribution is 2.12. The maximum absolute atomic E-state index is 12.6. The molecular weight excluding hydrogens is 282 g/mol. The van der Waals surface area contributed by atoms with Gasteiger partial charge in [0.15, 0.2) is 0 Å². The van der Waals surface area contributed by atoms with Crippen LogP contribution >= 0.6 is 0 Å². The monoisotopic (exact) mass is 309 g/mol. The van der Waals surface area contributed by atoms with Gasteiger partial charge in [0.1, 0.15) is 12.6 Å². The zero-order chi connectivity index (χ0) is 16.5. The molecule has 22 heavy (non-hydrogen) atoms. The highest BCUT2D eigenvalue weighted by atomic mass is 16.5. The Morgan fingerprint density at radius 2 is 1.91 bits per heavy atom. The Bertz CT molecular complexity index is 436. The molecule has 2 N–H and O–H groups in total. The van der Waals surface area contributed by atoms with E-state index >= 15 is 0 Å². The molecule has 0 aromatic heterocycles. The fourth-order valence-corrected chi connectivity index (χ4v) is 2.26. The predicted molar refractivity (Wildman–Crippen MR) is 85.1 cm³/mol. The first-order chi connectivity index (χ1) is 10.5. The second-order valence-corrected chi connectivity index (χ2v) is 5.47. The first kappa shape index (κ1) is 18.5. The van der Waals surface area contributed by atoms with Gasteiger partial charge in [-0.2, -0.15) is 0 Å². The SMILES string of the molecule is CC#CCO[C@H](C)[C@H](NC(=O)[C@H](C)NC)C(=O)N1CCCC1. The number of nitrogens with one attached hydrogen (secondary N) is 2. The standard InChI is InChI=1S/C16H27N3O3/c1-5-6-11-22-13(3)14(18-15(20)12(2)17-4)16(21)19-9-7-8-10-19/h12-14,17H,7-11H2,1-4H3,(H,18,20)/t12-,13+,14-/m0/s1. The van der Waals surface area contributed by atoms with Gasteiger partial charge in [0.2, 0.25) is 11.8 Å².